The molecule has 0 atom stereocenters. The van der Waals surface area contributed by atoms with Crippen LogP contribution in [0.25, 0.3) is 6.08 Å². The van der Waals surface area contributed by atoms with Gasteiger partial charge in [0.15, 0.2) is 11.0 Å². The number of hydrogen-bond acceptors (Lipinski definition) is 4. The van der Waals surface area contributed by atoms with E-state index in [0.717, 1.165) is 5.69 Å². The quantitative estimate of drug-likeness (QED) is 0.696. The molecule has 2 aromatic rings. The van der Waals surface area contributed by atoms with E-state index in [2.05, 4.69) is 9.98 Å². The van der Waals surface area contributed by atoms with E-state index in [4.69, 9.17) is 23.2 Å². The fraction of sp³-hybridized carbons (Fsp3) is 0.118. The van der Waals surface area contributed by atoms with Crippen molar-refractivity contribution in [2.75, 3.05) is 7.05 Å². The molecule has 7 heteroatoms. The number of aryl methyl sites for hydroxylation is 1. The van der Waals surface area contributed by atoms with Gasteiger partial charge in [-0.2, -0.15) is 0 Å². The number of carbonyl (C=O) groups is 1. The summed E-state index contributed by atoms with van der Waals surface area (Å²) < 4.78 is 0. The van der Waals surface area contributed by atoms with Gasteiger partial charge in [0.1, 0.15) is 0 Å². The predicted molar refractivity (Wildman–Crippen MR) is 101 cm³/mol. The van der Waals surface area contributed by atoms with Gasteiger partial charge in [-0.3, -0.25) is 9.69 Å². The average molecular weight is 378 g/mol. The van der Waals surface area contributed by atoms with Crippen LogP contribution in [0.2, 0.25) is 10.0 Å². The summed E-state index contributed by atoms with van der Waals surface area (Å²) in [5.41, 5.74) is 1.49. The van der Waals surface area contributed by atoms with Gasteiger partial charge in [0, 0.05) is 28.4 Å². The number of aliphatic imine (C=N–C) groups is 1. The number of thioether (sulfide) groups is 1. The molecule has 4 nitrogen and oxygen atoms in total. The lowest BCUT2D eigenvalue weighted by molar-refractivity contribution is -0.121. The van der Waals surface area contributed by atoms with Crippen molar-refractivity contribution in [2.24, 2.45) is 4.99 Å². The van der Waals surface area contributed by atoms with Crippen LogP contribution < -0.4 is 0 Å². The van der Waals surface area contributed by atoms with E-state index < -0.39 is 0 Å². The molecule has 1 aromatic carbocycles. The Morgan fingerprint density at radius 3 is 2.50 bits per heavy atom. The molecule has 0 unspecified atom stereocenters. The first kappa shape index (κ1) is 17.0. The van der Waals surface area contributed by atoms with E-state index in [-0.39, 0.29) is 5.91 Å². The smallest absolute Gasteiger partial charge is 0.266 e. The highest BCUT2D eigenvalue weighted by Crippen LogP contribution is 2.35. The monoisotopic (exact) mass is 377 g/mol. The molecule has 0 saturated carbocycles. The predicted octanol–water partition coefficient (Wildman–Crippen LogP) is 4.93. The van der Waals surface area contributed by atoms with Gasteiger partial charge in [0.2, 0.25) is 0 Å². The first-order chi connectivity index (χ1) is 11.5. The molecule has 0 radical (unpaired) electrons. The molecule has 0 N–H and O–H groups in total. The van der Waals surface area contributed by atoms with Crippen LogP contribution in [0.4, 0.5) is 5.82 Å². The van der Waals surface area contributed by atoms with Crippen molar-refractivity contribution in [1.82, 2.24) is 9.88 Å². The molecule has 1 aliphatic rings. The number of rotatable bonds is 2. The first-order valence-corrected chi connectivity index (χ1v) is 8.67. The molecule has 0 aliphatic carbocycles. The number of amides is 1. The van der Waals surface area contributed by atoms with Crippen molar-refractivity contribution in [2.45, 2.75) is 6.92 Å². The summed E-state index contributed by atoms with van der Waals surface area (Å²) in [6, 6.07) is 10.8. The van der Waals surface area contributed by atoms with Gasteiger partial charge in [0.05, 0.1) is 4.91 Å². The summed E-state index contributed by atoms with van der Waals surface area (Å²) in [5.74, 6) is 0.413. The number of hydrogen-bond donors (Lipinski definition) is 0. The van der Waals surface area contributed by atoms with Gasteiger partial charge in [-0.05, 0) is 49.0 Å². The highest BCUT2D eigenvalue weighted by Gasteiger charge is 2.30. The van der Waals surface area contributed by atoms with Crippen LogP contribution in [0.15, 0.2) is 46.3 Å². The maximum Gasteiger partial charge on any atom is 0.266 e. The number of benzene rings is 1. The van der Waals surface area contributed by atoms with Gasteiger partial charge in [-0.1, -0.05) is 35.3 Å². The SMILES string of the molecule is Cc1cccc(/N=C2/S/C(=C\c3c(Cl)cccc3Cl)C(=O)N2C)n1. The number of aromatic nitrogens is 1. The van der Waals surface area contributed by atoms with Crippen LogP contribution in [-0.4, -0.2) is 28.0 Å². The summed E-state index contributed by atoms with van der Waals surface area (Å²) in [6.07, 6.45) is 1.69. The molecule has 3 rings (SSSR count). The van der Waals surface area contributed by atoms with Gasteiger partial charge >= 0.3 is 0 Å². The fourth-order valence-electron chi connectivity index (χ4n) is 2.12. The third-order valence-corrected chi connectivity index (χ3v) is 5.08. The van der Waals surface area contributed by atoms with Crippen molar-refractivity contribution in [3.8, 4) is 0 Å². The Labute approximate surface area is 154 Å². The fourth-order valence-corrected chi connectivity index (χ4v) is 3.58. The molecule has 1 fully saturated rings. The van der Waals surface area contributed by atoms with E-state index in [1.165, 1.54) is 16.7 Å². The molecule has 1 saturated heterocycles. The third kappa shape index (κ3) is 3.48. The Kier molecular flexibility index (Phi) is 4.94. The second-order valence-electron chi connectivity index (χ2n) is 5.14. The average Bonchev–Trinajstić information content (AvgIpc) is 2.79. The molecular weight excluding hydrogens is 365 g/mol. The van der Waals surface area contributed by atoms with Crippen LogP contribution in [0, 0.1) is 6.92 Å². The zero-order valence-corrected chi connectivity index (χ0v) is 15.3. The number of halogens is 2. The Bertz CT molecular complexity index is 860. The van der Waals surface area contributed by atoms with E-state index in [1.54, 1.807) is 37.4 Å². The largest absolute Gasteiger partial charge is 0.289 e. The lowest BCUT2D eigenvalue weighted by atomic mass is 10.2. The first-order valence-electron chi connectivity index (χ1n) is 7.09. The molecule has 1 amide bonds. The summed E-state index contributed by atoms with van der Waals surface area (Å²) >= 11 is 13.6. The number of pyridine rings is 1. The number of likely N-dealkylation sites (N-methyl/N-ethyl adjacent to an activating group) is 1. The Morgan fingerprint density at radius 1 is 1.17 bits per heavy atom. The van der Waals surface area contributed by atoms with Crippen LogP contribution in [-0.2, 0) is 4.79 Å². The maximum absolute atomic E-state index is 12.4. The number of carbonyl (C=O) groups excluding carboxylic acids is 1. The van der Waals surface area contributed by atoms with Crippen molar-refractivity contribution >= 4 is 57.9 Å². The normalized spacial score (nSPS) is 18.0. The molecule has 24 heavy (non-hydrogen) atoms. The van der Waals surface area contributed by atoms with E-state index in [0.29, 0.717) is 31.5 Å². The molecule has 0 bridgehead atoms. The maximum atomic E-state index is 12.4. The molecule has 0 spiro atoms. The van der Waals surface area contributed by atoms with E-state index >= 15 is 0 Å². The molecule has 122 valence electrons. The van der Waals surface area contributed by atoms with E-state index in [9.17, 15) is 4.79 Å². The van der Waals surface area contributed by atoms with Crippen molar-refractivity contribution in [1.29, 1.82) is 0 Å². The molecule has 1 aliphatic heterocycles. The van der Waals surface area contributed by atoms with E-state index in [1.807, 2.05) is 19.1 Å². The Morgan fingerprint density at radius 2 is 1.83 bits per heavy atom. The molecular formula is C17H13Cl2N3OS. The second kappa shape index (κ2) is 6.97. The molecule has 1 aromatic heterocycles. The van der Waals surface area contributed by atoms with Gasteiger partial charge in [0.25, 0.3) is 5.91 Å². The minimum absolute atomic E-state index is 0.151. The molecule has 2 heterocycles. The van der Waals surface area contributed by atoms with Gasteiger partial charge in [-0.15, -0.1) is 0 Å². The lowest BCUT2D eigenvalue weighted by Gasteiger charge is -2.07. The Hall–Kier alpha value is -1.82. The van der Waals surface area contributed by atoms with Gasteiger partial charge in [-0.25, -0.2) is 9.98 Å². The standard InChI is InChI=1S/C17H13Cl2N3OS/c1-10-5-3-8-15(20-10)21-17-22(2)16(23)14(24-17)9-11-12(18)6-4-7-13(11)19/h3-9H,1-2H3/b14-9-,21-17+. The summed E-state index contributed by atoms with van der Waals surface area (Å²) in [4.78, 5) is 23.2. The van der Waals surface area contributed by atoms with Crippen LogP contribution in [0.1, 0.15) is 11.3 Å². The minimum Gasteiger partial charge on any atom is -0.289 e. The number of amidine groups is 1. The third-order valence-electron chi connectivity index (χ3n) is 3.36. The van der Waals surface area contributed by atoms with Gasteiger partial charge < -0.3 is 0 Å². The second-order valence-corrected chi connectivity index (χ2v) is 6.97. The summed E-state index contributed by atoms with van der Waals surface area (Å²) in [7, 11) is 1.68. The highest BCUT2D eigenvalue weighted by atomic mass is 35.5. The van der Waals surface area contributed by atoms with Crippen LogP contribution >= 0.6 is 35.0 Å². The Balaban J connectivity index is 1.96. The summed E-state index contributed by atoms with van der Waals surface area (Å²) in [5, 5.41) is 1.56. The lowest BCUT2D eigenvalue weighted by Crippen LogP contribution is -2.23. The van der Waals surface area contributed by atoms with Crippen LogP contribution in [0.5, 0.6) is 0 Å². The highest BCUT2D eigenvalue weighted by molar-refractivity contribution is 8.18. The summed E-state index contributed by atoms with van der Waals surface area (Å²) in [6.45, 7) is 1.89. The zero-order valence-electron chi connectivity index (χ0n) is 13.0. The minimum atomic E-state index is -0.151. The van der Waals surface area contributed by atoms with Crippen molar-refractivity contribution < 1.29 is 4.79 Å². The van der Waals surface area contributed by atoms with Crippen molar-refractivity contribution in [3.63, 3.8) is 0 Å². The topological polar surface area (TPSA) is 45.6 Å². The van der Waals surface area contributed by atoms with Crippen molar-refractivity contribution in [3.05, 3.63) is 62.6 Å². The number of nitrogens with zero attached hydrogens (tertiary/aromatic N) is 3. The van der Waals surface area contributed by atoms with Crippen LogP contribution in [0.3, 0.4) is 0 Å². The zero-order chi connectivity index (χ0) is 17.3.